The summed E-state index contributed by atoms with van der Waals surface area (Å²) in [5, 5.41) is 2.68. The number of fused-ring (bicyclic) bond motifs is 1. The van der Waals surface area contributed by atoms with E-state index in [1.165, 1.54) is 4.70 Å². The lowest BCUT2D eigenvalue weighted by Crippen LogP contribution is -2.12. The number of carbonyl (C=O) groups excluding carboxylic acids is 1. The summed E-state index contributed by atoms with van der Waals surface area (Å²) >= 11 is 1.68. The summed E-state index contributed by atoms with van der Waals surface area (Å²) in [5.74, 6) is 0.204. The topological polar surface area (TPSA) is 42.0 Å². The second-order valence-corrected chi connectivity index (χ2v) is 4.16. The van der Waals surface area contributed by atoms with E-state index in [-0.39, 0.29) is 5.91 Å². The van der Waals surface area contributed by atoms with E-state index < -0.39 is 0 Å². The van der Waals surface area contributed by atoms with Gasteiger partial charge >= 0.3 is 0 Å². The zero-order chi connectivity index (χ0) is 10.5. The zero-order valence-electron chi connectivity index (χ0n) is 8.27. The number of thiazole rings is 1. The van der Waals surface area contributed by atoms with Gasteiger partial charge in [-0.2, -0.15) is 0 Å². The number of nitrogens with zero attached hydrogens (tertiary/aromatic N) is 1. The van der Waals surface area contributed by atoms with E-state index in [0.717, 1.165) is 24.9 Å². The zero-order valence-corrected chi connectivity index (χ0v) is 9.09. The molecule has 1 fully saturated rings. The van der Waals surface area contributed by atoms with E-state index in [1.807, 2.05) is 23.7 Å². The minimum absolute atomic E-state index is 0.204. The molecule has 1 aromatic carbocycles. The minimum atomic E-state index is 0.204. The number of hydrogen-bond acceptors (Lipinski definition) is 3. The Morgan fingerprint density at radius 1 is 1.33 bits per heavy atom. The number of nitrogens with one attached hydrogen (secondary N) is 1. The van der Waals surface area contributed by atoms with Gasteiger partial charge in [0.25, 0.3) is 0 Å². The minimum Gasteiger partial charge on any atom is -0.356 e. The maximum Gasteiger partial charge on any atom is 0.220 e. The number of benzene rings is 1. The summed E-state index contributed by atoms with van der Waals surface area (Å²) in [6.45, 7) is 0.888. The lowest BCUT2D eigenvalue weighted by atomic mass is 10.3. The molecule has 2 heterocycles. The van der Waals surface area contributed by atoms with Gasteiger partial charge in [0.2, 0.25) is 5.91 Å². The van der Waals surface area contributed by atoms with Crippen LogP contribution in [0.15, 0.2) is 29.8 Å². The Balaban J connectivity index is 0.000000124. The first-order valence-electron chi connectivity index (χ1n) is 4.91. The Morgan fingerprint density at radius 3 is 2.80 bits per heavy atom. The third-order valence-corrected chi connectivity index (χ3v) is 2.95. The van der Waals surface area contributed by atoms with Crippen molar-refractivity contribution in [2.75, 3.05) is 6.54 Å². The van der Waals surface area contributed by atoms with Crippen molar-refractivity contribution < 1.29 is 4.79 Å². The van der Waals surface area contributed by atoms with E-state index in [1.54, 1.807) is 11.3 Å². The lowest BCUT2D eigenvalue weighted by molar-refractivity contribution is -0.119. The Bertz CT molecular complexity index is 414. The van der Waals surface area contributed by atoms with Crippen LogP contribution in [-0.4, -0.2) is 17.4 Å². The molecule has 0 saturated carbocycles. The molecule has 3 nitrogen and oxygen atoms in total. The fourth-order valence-electron chi connectivity index (χ4n) is 1.37. The van der Waals surface area contributed by atoms with Gasteiger partial charge in [-0.25, -0.2) is 4.98 Å². The number of amides is 1. The van der Waals surface area contributed by atoms with E-state index in [4.69, 9.17) is 0 Å². The smallest absolute Gasteiger partial charge is 0.220 e. The van der Waals surface area contributed by atoms with Gasteiger partial charge < -0.3 is 5.32 Å². The molecular weight excluding hydrogens is 208 g/mol. The molecular formula is C11H12N2OS. The Morgan fingerprint density at radius 2 is 2.20 bits per heavy atom. The van der Waals surface area contributed by atoms with Gasteiger partial charge in [-0.15, -0.1) is 11.3 Å². The van der Waals surface area contributed by atoms with Crippen molar-refractivity contribution in [2.24, 2.45) is 0 Å². The van der Waals surface area contributed by atoms with Crippen LogP contribution in [0.2, 0.25) is 0 Å². The fraction of sp³-hybridized carbons (Fsp3) is 0.273. The molecule has 1 amide bonds. The molecule has 4 heteroatoms. The standard InChI is InChI=1S/C7H5NS.C4H7NO/c1-2-4-7-6(3-1)8-5-9-7;6-4-2-1-3-5-4/h1-5H;1-3H2,(H,5,6). The Labute approximate surface area is 92.1 Å². The molecule has 3 rings (SSSR count). The van der Waals surface area contributed by atoms with Crippen LogP contribution in [0.3, 0.4) is 0 Å². The summed E-state index contributed by atoms with van der Waals surface area (Å²) in [7, 11) is 0. The van der Waals surface area contributed by atoms with Crippen molar-refractivity contribution in [3.63, 3.8) is 0 Å². The van der Waals surface area contributed by atoms with Crippen molar-refractivity contribution in [3.8, 4) is 0 Å². The molecule has 1 N–H and O–H groups in total. The van der Waals surface area contributed by atoms with Gasteiger partial charge in [0.05, 0.1) is 15.7 Å². The molecule has 78 valence electrons. The predicted molar refractivity (Wildman–Crippen MR) is 61.9 cm³/mol. The van der Waals surface area contributed by atoms with Crippen molar-refractivity contribution >= 4 is 27.5 Å². The normalized spacial score (nSPS) is 14.5. The highest BCUT2D eigenvalue weighted by atomic mass is 32.1. The average Bonchev–Trinajstić information content (AvgIpc) is 2.88. The number of para-hydroxylation sites is 1. The molecule has 1 saturated heterocycles. The summed E-state index contributed by atoms with van der Waals surface area (Å²) < 4.78 is 1.26. The molecule has 0 atom stereocenters. The predicted octanol–water partition coefficient (Wildman–Crippen LogP) is 2.19. The Kier molecular flexibility index (Phi) is 3.29. The molecule has 1 aliphatic rings. The summed E-state index contributed by atoms with van der Waals surface area (Å²) in [6.07, 6.45) is 1.76. The van der Waals surface area contributed by atoms with E-state index in [2.05, 4.69) is 16.4 Å². The largest absolute Gasteiger partial charge is 0.356 e. The first-order valence-corrected chi connectivity index (χ1v) is 5.79. The molecule has 0 unspecified atom stereocenters. The molecule has 1 aliphatic heterocycles. The van der Waals surface area contributed by atoms with E-state index in [0.29, 0.717) is 0 Å². The van der Waals surface area contributed by atoms with Gasteiger partial charge in [-0.3, -0.25) is 4.79 Å². The first kappa shape index (κ1) is 10.1. The monoisotopic (exact) mass is 220 g/mol. The van der Waals surface area contributed by atoms with Crippen LogP contribution in [0.5, 0.6) is 0 Å². The third kappa shape index (κ3) is 2.76. The van der Waals surface area contributed by atoms with Crippen LogP contribution in [-0.2, 0) is 4.79 Å². The van der Waals surface area contributed by atoms with Crippen LogP contribution < -0.4 is 5.32 Å². The highest BCUT2D eigenvalue weighted by Crippen LogP contribution is 2.15. The number of rotatable bonds is 0. The van der Waals surface area contributed by atoms with Crippen molar-refractivity contribution in [1.29, 1.82) is 0 Å². The van der Waals surface area contributed by atoms with Gasteiger partial charge in [-0.1, -0.05) is 12.1 Å². The van der Waals surface area contributed by atoms with Crippen LogP contribution in [0.25, 0.3) is 10.2 Å². The maximum absolute atomic E-state index is 10.1. The van der Waals surface area contributed by atoms with Crippen molar-refractivity contribution in [1.82, 2.24) is 10.3 Å². The molecule has 0 aliphatic carbocycles. The first-order chi connectivity index (χ1) is 7.36. The Hall–Kier alpha value is -1.42. The average molecular weight is 220 g/mol. The third-order valence-electron chi connectivity index (χ3n) is 2.14. The van der Waals surface area contributed by atoms with Crippen molar-refractivity contribution in [2.45, 2.75) is 12.8 Å². The maximum atomic E-state index is 10.1. The molecule has 1 aromatic heterocycles. The van der Waals surface area contributed by atoms with Crippen LogP contribution >= 0.6 is 11.3 Å². The van der Waals surface area contributed by atoms with Crippen LogP contribution in [0, 0.1) is 0 Å². The molecule has 2 aromatic rings. The quantitative estimate of drug-likeness (QED) is 0.739. The fourth-order valence-corrected chi connectivity index (χ4v) is 2.05. The van der Waals surface area contributed by atoms with Crippen molar-refractivity contribution in [3.05, 3.63) is 29.8 Å². The van der Waals surface area contributed by atoms with Gasteiger partial charge in [0, 0.05) is 13.0 Å². The summed E-state index contributed by atoms with van der Waals surface area (Å²) in [4.78, 5) is 14.3. The van der Waals surface area contributed by atoms with E-state index in [9.17, 15) is 4.79 Å². The highest BCUT2D eigenvalue weighted by Gasteiger charge is 2.05. The second-order valence-electron chi connectivity index (χ2n) is 3.27. The summed E-state index contributed by atoms with van der Waals surface area (Å²) in [6, 6.07) is 8.13. The molecule has 15 heavy (non-hydrogen) atoms. The molecule has 0 spiro atoms. The lowest BCUT2D eigenvalue weighted by Gasteiger charge is -1.80. The molecule has 0 radical (unpaired) electrons. The second kappa shape index (κ2) is 4.89. The molecule has 0 bridgehead atoms. The highest BCUT2D eigenvalue weighted by molar-refractivity contribution is 7.16. The van der Waals surface area contributed by atoms with Crippen LogP contribution in [0.1, 0.15) is 12.8 Å². The number of hydrogen-bond donors (Lipinski definition) is 1. The van der Waals surface area contributed by atoms with Gasteiger partial charge in [-0.05, 0) is 18.6 Å². The van der Waals surface area contributed by atoms with E-state index >= 15 is 0 Å². The van der Waals surface area contributed by atoms with Crippen LogP contribution in [0.4, 0.5) is 0 Å². The van der Waals surface area contributed by atoms with Gasteiger partial charge in [0.15, 0.2) is 0 Å². The number of carbonyl (C=O) groups is 1. The summed E-state index contributed by atoms with van der Waals surface area (Å²) in [5.41, 5.74) is 2.97. The SMILES string of the molecule is O=C1CCCN1.c1ccc2scnc2c1. The van der Waals surface area contributed by atoms with Gasteiger partial charge in [0.1, 0.15) is 0 Å². The number of aromatic nitrogens is 1.